The van der Waals surface area contributed by atoms with Crippen LogP contribution in [0.15, 0.2) is 76.0 Å². The number of hydrogen-bond acceptors (Lipinski definition) is 20. The fourth-order valence-electron chi connectivity index (χ4n) is 6.36. The van der Waals surface area contributed by atoms with Gasteiger partial charge in [0.1, 0.15) is 46.2 Å². The van der Waals surface area contributed by atoms with Crippen LogP contribution in [0.25, 0.3) is 28.4 Å². The maximum atomic E-state index is 14.8. The van der Waals surface area contributed by atoms with E-state index in [9.17, 15) is 48.3 Å². The molecule has 1 fully saturated rings. The van der Waals surface area contributed by atoms with Gasteiger partial charge in [-0.2, -0.15) is 0 Å². The van der Waals surface area contributed by atoms with Crippen LogP contribution in [0, 0.1) is 0 Å². The summed E-state index contributed by atoms with van der Waals surface area (Å²) in [6.45, 7) is 7.40. The molecule has 0 saturated carbocycles. The maximum Gasteiger partial charge on any atom is 0.308 e. The second kappa shape index (κ2) is 20.4. The Labute approximate surface area is 362 Å². The van der Waals surface area contributed by atoms with E-state index in [1.807, 2.05) is 0 Å². The molecule has 0 spiro atoms. The minimum Gasteiger partial charge on any atom is -0.456 e. The highest BCUT2D eigenvalue weighted by molar-refractivity contribution is 5.97. The number of ether oxygens (including phenoxy) is 9. The summed E-state index contributed by atoms with van der Waals surface area (Å²) < 4.78 is 55.6. The van der Waals surface area contributed by atoms with Crippen molar-refractivity contribution in [3.8, 4) is 40.1 Å². The number of benzene rings is 3. The van der Waals surface area contributed by atoms with Gasteiger partial charge >= 0.3 is 41.8 Å². The molecule has 1 aromatic heterocycles. The predicted octanol–water partition coefficient (Wildman–Crippen LogP) is 3.70. The van der Waals surface area contributed by atoms with Crippen LogP contribution < -0.4 is 29.1 Å². The number of aliphatic hydroxyl groups is 1. The van der Waals surface area contributed by atoms with Crippen LogP contribution in [0.3, 0.4) is 0 Å². The summed E-state index contributed by atoms with van der Waals surface area (Å²) in [6, 6.07) is 13.5. The van der Waals surface area contributed by atoms with Gasteiger partial charge in [-0.15, -0.1) is 0 Å². The standard InChI is InChI=1S/C44H40O20/c1-20(45)55-29-13-8-27(9-14-29)10-17-32(52)36(53)39-41(59-24(5)49)42(60-25(6)50)43(61-26(7)51)44(63-39)64-40-37(54)35-33(58-23(4)48)18-31(57-22(3)47)19-34(35)62-38(40)28-11-15-30(16-12-28)56-21(2)46/h8-19,36,39,41-44,53H,1-7H3. The van der Waals surface area contributed by atoms with Gasteiger partial charge in [0.25, 0.3) is 0 Å². The third kappa shape index (κ3) is 12.0. The first kappa shape index (κ1) is 47.3. The fourth-order valence-corrected chi connectivity index (χ4v) is 6.36. The van der Waals surface area contributed by atoms with E-state index < -0.39 is 112 Å². The van der Waals surface area contributed by atoms with Crippen LogP contribution in [0.2, 0.25) is 0 Å². The Morgan fingerprint density at radius 1 is 0.609 bits per heavy atom. The molecule has 4 aromatic rings. The topological polar surface area (TPSA) is 270 Å². The van der Waals surface area contributed by atoms with E-state index in [0.29, 0.717) is 5.56 Å². The molecule has 5 rings (SSSR count). The molecule has 6 unspecified atom stereocenters. The molecule has 0 bridgehead atoms. The number of carbonyl (C=O) groups is 8. The fraction of sp³-hybridized carbons (Fsp3) is 0.295. The highest BCUT2D eigenvalue weighted by atomic mass is 16.7. The minimum atomic E-state index is -2.25. The Morgan fingerprint density at radius 2 is 1.11 bits per heavy atom. The van der Waals surface area contributed by atoms with Crippen molar-refractivity contribution in [1.82, 2.24) is 0 Å². The Hall–Kier alpha value is -7.71. The van der Waals surface area contributed by atoms with E-state index in [1.165, 1.54) is 68.5 Å². The van der Waals surface area contributed by atoms with Gasteiger partial charge in [0.2, 0.25) is 23.6 Å². The summed E-state index contributed by atoms with van der Waals surface area (Å²) in [7, 11) is 0. The molecular formula is C44H40O20. The highest BCUT2D eigenvalue weighted by Gasteiger charge is 2.56. The zero-order valence-electron chi connectivity index (χ0n) is 35.1. The lowest BCUT2D eigenvalue weighted by molar-refractivity contribution is -0.294. The van der Waals surface area contributed by atoms with Gasteiger partial charge in [0, 0.05) is 66.2 Å². The smallest absolute Gasteiger partial charge is 0.308 e. The van der Waals surface area contributed by atoms with Gasteiger partial charge in [-0.25, -0.2) is 0 Å². The summed E-state index contributed by atoms with van der Waals surface area (Å²) in [4.78, 5) is 113. The SMILES string of the molecule is CC(=O)Oc1ccc(C=CC(=O)C(O)C2OC(Oc3c(-c4ccc(OC(C)=O)cc4)oc4cc(OC(C)=O)cc(OC(C)=O)c4c3=O)C(OC(C)=O)C(OC(C)=O)C2OC(C)=O)cc1. The zero-order valence-corrected chi connectivity index (χ0v) is 35.1. The molecule has 6 atom stereocenters. The second-order valence-electron chi connectivity index (χ2n) is 13.8. The number of aliphatic hydroxyl groups excluding tert-OH is 1. The number of fused-ring (bicyclic) bond motifs is 1. The quantitative estimate of drug-likeness (QED) is 0.0818. The van der Waals surface area contributed by atoms with Crippen molar-refractivity contribution in [2.24, 2.45) is 0 Å². The highest BCUT2D eigenvalue weighted by Crippen LogP contribution is 2.40. The first-order valence-corrected chi connectivity index (χ1v) is 19.0. The normalized spacial score (nSPS) is 18.5. The van der Waals surface area contributed by atoms with Crippen LogP contribution in [0.5, 0.6) is 28.7 Å². The van der Waals surface area contributed by atoms with Gasteiger partial charge < -0.3 is 52.2 Å². The van der Waals surface area contributed by atoms with Crippen molar-refractivity contribution in [1.29, 1.82) is 0 Å². The minimum absolute atomic E-state index is 0.0591. The lowest BCUT2D eigenvalue weighted by Gasteiger charge is -2.45. The average molecular weight is 889 g/mol. The Kier molecular flexibility index (Phi) is 15.1. The van der Waals surface area contributed by atoms with Crippen molar-refractivity contribution >= 4 is 64.6 Å². The van der Waals surface area contributed by atoms with E-state index in [2.05, 4.69) is 0 Å². The van der Waals surface area contributed by atoms with Crippen molar-refractivity contribution in [2.75, 3.05) is 0 Å². The maximum absolute atomic E-state index is 14.8. The van der Waals surface area contributed by atoms with Gasteiger partial charge in [-0.3, -0.25) is 43.2 Å². The molecule has 3 aromatic carbocycles. The van der Waals surface area contributed by atoms with Crippen LogP contribution in [-0.4, -0.2) is 89.5 Å². The van der Waals surface area contributed by atoms with Crippen molar-refractivity contribution < 1.29 is 90.5 Å². The number of ketones is 1. The number of carbonyl (C=O) groups excluding carboxylic acids is 8. The predicted molar refractivity (Wildman–Crippen MR) is 216 cm³/mol. The lowest BCUT2D eigenvalue weighted by atomic mass is 9.92. The second-order valence-corrected chi connectivity index (χ2v) is 13.8. The van der Waals surface area contributed by atoms with Crippen LogP contribution >= 0.6 is 0 Å². The van der Waals surface area contributed by atoms with E-state index in [0.717, 1.165) is 52.8 Å². The third-order valence-electron chi connectivity index (χ3n) is 8.64. The first-order valence-electron chi connectivity index (χ1n) is 19.0. The molecule has 0 aliphatic carbocycles. The summed E-state index contributed by atoms with van der Waals surface area (Å²) >= 11 is 0. The van der Waals surface area contributed by atoms with Gasteiger partial charge in [0.05, 0.1) is 0 Å². The van der Waals surface area contributed by atoms with E-state index in [4.69, 9.17) is 47.0 Å². The van der Waals surface area contributed by atoms with Crippen molar-refractivity contribution in [3.63, 3.8) is 0 Å². The summed E-state index contributed by atoms with van der Waals surface area (Å²) in [6.07, 6.45) is -9.82. The average Bonchev–Trinajstić information content (AvgIpc) is 3.19. The van der Waals surface area contributed by atoms with Gasteiger partial charge in [0.15, 0.2) is 23.8 Å². The molecule has 0 amide bonds. The van der Waals surface area contributed by atoms with Gasteiger partial charge in [-0.05, 0) is 48.0 Å². The molecular weight excluding hydrogens is 848 g/mol. The molecule has 1 aliphatic rings. The van der Waals surface area contributed by atoms with E-state index in [1.54, 1.807) is 0 Å². The van der Waals surface area contributed by atoms with Crippen LogP contribution in [0.1, 0.15) is 54.0 Å². The summed E-state index contributed by atoms with van der Waals surface area (Å²) in [5, 5.41) is 11.1. The Balaban J connectivity index is 1.70. The Bertz CT molecular complexity index is 2570. The lowest BCUT2D eigenvalue weighted by Crippen LogP contribution is -2.66. The summed E-state index contributed by atoms with van der Waals surface area (Å²) in [5.41, 5.74) is -0.926. The summed E-state index contributed by atoms with van der Waals surface area (Å²) in [5.74, 6) is -8.54. The molecule has 336 valence electrons. The van der Waals surface area contributed by atoms with Crippen LogP contribution in [-0.2, 0) is 57.3 Å². The molecule has 2 heterocycles. The van der Waals surface area contributed by atoms with E-state index >= 15 is 0 Å². The van der Waals surface area contributed by atoms with Gasteiger partial charge in [-0.1, -0.05) is 18.2 Å². The molecule has 1 N–H and O–H groups in total. The number of esters is 7. The molecule has 20 heteroatoms. The Morgan fingerprint density at radius 3 is 1.64 bits per heavy atom. The molecule has 0 radical (unpaired) electrons. The number of hydrogen-bond donors (Lipinski definition) is 1. The van der Waals surface area contributed by atoms with Crippen molar-refractivity contribution in [2.45, 2.75) is 85.3 Å². The first-order chi connectivity index (χ1) is 30.2. The molecule has 1 saturated heterocycles. The van der Waals surface area contributed by atoms with E-state index in [-0.39, 0.29) is 28.4 Å². The third-order valence-corrected chi connectivity index (χ3v) is 8.64. The number of rotatable bonds is 14. The zero-order chi connectivity index (χ0) is 47.0. The monoisotopic (exact) mass is 888 g/mol. The molecule has 64 heavy (non-hydrogen) atoms. The largest absolute Gasteiger partial charge is 0.456 e. The molecule has 20 nitrogen and oxygen atoms in total. The van der Waals surface area contributed by atoms with Crippen LogP contribution in [0.4, 0.5) is 0 Å². The molecule has 1 aliphatic heterocycles. The van der Waals surface area contributed by atoms with Crippen molar-refractivity contribution in [3.05, 3.63) is 82.5 Å².